The van der Waals surface area contributed by atoms with Crippen LogP contribution in [0.5, 0.6) is 5.88 Å². The number of carbonyl (C=O) groups excluding carboxylic acids is 1. The number of hydrogen-bond donors (Lipinski definition) is 0. The van der Waals surface area contributed by atoms with Crippen LogP contribution in [0.25, 0.3) is 0 Å². The minimum atomic E-state index is 0.457. The van der Waals surface area contributed by atoms with E-state index in [-0.39, 0.29) is 0 Å². The minimum absolute atomic E-state index is 0.457. The lowest BCUT2D eigenvalue weighted by Crippen LogP contribution is -2.52. The van der Waals surface area contributed by atoms with Gasteiger partial charge in [-0.05, 0) is 31.6 Å². The molecule has 1 aliphatic heterocycles. The number of piperazine rings is 1. The summed E-state index contributed by atoms with van der Waals surface area (Å²) in [6.45, 7) is 8.22. The van der Waals surface area contributed by atoms with Gasteiger partial charge >= 0.3 is 0 Å². The Labute approximate surface area is 165 Å². The second-order valence-electron chi connectivity index (χ2n) is 7.88. The van der Waals surface area contributed by atoms with E-state index in [2.05, 4.69) is 38.8 Å². The van der Waals surface area contributed by atoms with Crippen molar-refractivity contribution in [3.63, 3.8) is 0 Å². The highest BCUT2D eigenvalue weighted by molar-refractivity contribution is 5.75. The second kappa shape index (κ2) is 8.16. The molecule has 28 heavy (non-hydrogen) atoms. The highest BCUT2D eigenvalue weighted by Crippen LogP contribution is 2.25. The maximum Gasteiger partial charge on any atom is 0.218 e. The first-order chi connectivity index (χ1) is 13.7. The third-order valence-electron chi connectivity index (χ3n) is 5.34. The number of rotatable bonds is 6. The Hall–Kier alpha value is -2.64. The predicted molar refractivity (Wildman–Crippen MR) is 107 cm³/mol. The molecule has 3 heterocycles. The molecular weight excluding hydrogens is 356 g/mol. The molecule has 0 aromatic carbocycles. The van der Waals surface area contributed by atoms with E-state index in [1.807, 2.05) is 10.9 Å². The molecule has 8 nitrogen and oxygen atoms in total. The third-order valence-corrected chi connectivity index (χ3v) is 5.34. The number of aromatic nitrogens is 4. The van der Waals surface area contributed by atoms with Gasteiger partial charge in [0, 0.05) is 24.7 Å². The number of carbonyl (C=O) groups is 1. The van der Waals surface area contributed by atoms with Crippen molar-refractivity contribution in [2.24, 2.45) is 5.92 Å². The van der Waals surface area contributed by atoms with E-state index in [1.165, 1.54) is 5.69 Å². The third kappa shape index (κ3) is 3.81. The average molecular weight is 384 g/mol. The Morgan fingerprint density at radius 2 is 1.93 bits per heavy atom. The first-order valence-electron chi connectivity index (χ1n) is 10.2. The molecule has 1 saturated heterocycles. The summed E-state index contributed by atoms with van der Waals surface area (Å²) in [5, 5.41) is 6.84. The van der Waals surface area contributed by atoms with Gasteiger partial charge in [-0.1, -0.05) is 13.8 Å². The molecule has 0 spiro atoms. The summed E-state index contributed by atoms with van der Waals surface area (Å²) in [7, 11) is 0. The summed E-state index contributed by atoms with van der Waals surface area (Å²) < 4.78 is 5.73. The standard InChI is InChI=1S/C20H28N6O2/c1-15(2)13-28-20-11-19(21-14-22-20)24-7-9-25(10-8-24)26-18-6-4-3-5-16(18)17(12-27)23-26/h11-12,14-15H,3-10,13H2,1-2H3. The van der Waals surface area contributed by atoms with Gasteiger partial charge in [-0.25, -0.2) is 9.97 Å². The Bertz CT molecular complexity index is 826. The fourth-order valence-corrected chi connectivity index (χ4v) is 3.89. The van der Waals surface area contributed by atoms with Crippen LogP contribution in [0, 0.1) is 5.92 Å². The highest BCUT2D eigenvalue weighted by Gasteiger charge is 2.26. The van der Waals surface area contributed by atoms with Crippen LogP contribution in [-0.2, 0) is 12.8 Å². The predicted octanol–water partition coefficient (Wildman–Crippen LogP) is 1.86. The topological polar surface area (TPSA) is 76.4 Å². The van der Waals surface area contributed by atoms with Gasteiger partial charge in [0.2, 0.25) is 5.88 Å². The average Bonchev–Trinajstić information content (AvgIpc) is 3.11. The molecule has 0 atom stereocenters. The normalized spacial score (nSPS) is 17.0. The summed E-state index contributed by atoms with van der Waals surface area (Å²) in [6.07, 6.45) is 6.73. The number of ether oxygens (including phenoxy) is 1. The van der Waals surface area contributed by atoms with Gasteiger partial charge in [-0.15, -0.1) is 5.10 Å². The number of anilines is 1. The lowest BCUT2D eigenvalue weighted by Gasteiger charge is -2.37. The van der Waals surface area contributed by atoms with Crippen molar-refractivity contribution >= 4 is 12.1 Å². The molecule has 0 bridgehead atoms. The molecular formula is C20H28N6O2. The van der Waals surface area contributed by atoms with E-state index in [4.69, 9.17) is 4.74 Å². The molecule has 0 N–H and O–H groups in total. The quantitative estimate of drug-likeness (QED) is 0.704. The molecule has 0 unspecified atom stereocenters. The maximum absolute atomic E-state index is 11.4. The van der Waals surface area contributed by atoms with E-state index >= 15 is 0 Å². The van der Waals surface area contributed by atoms with Gasteiger partial charge in [0.25, 0.3) is 0 Å². The van der Waals surface area contributed by atoms with Crippen LogP contribution in [0.2, 0.25) is 0 Å². The van der Waals surface area contributed by atoms with Crippen LogP contribution < -0.4 is 14.6 Å². The SMILES string of the molecule is CC(C)COc1cc(N2CCN(n3nc(C=O)c4c3CCCC4)CC2)ncn1. The smallest absolute Gasteiger partial charge is 0.218 e. The van der Waals surface area contributed by atoms with Gasteiger partial charge in [0.15, 0.2) is 6.29 Å². The molecule has 4 rings (SSSR count). The maximum atomic E-state index is 11.4. The summed E-state index contributed by atoms with van der Waals surface area (Å²) in [5.74, 6) is 1.97. The number of fused-ring (bicyclic) bond motifs is 1. The summed E-state index contributed by atoms with van der Waals surface area (Å²) >= 11 is 0. The fourth-order valence-electron chi connectivity index (χ4n) is 3.89. The van der Waals surface area contributed by atoms with Crippen molar-refractivity contribution in [1.82, 2.24) is 19.9 Å². The zero-order valence-corrected chi connectivity index (χ0v) is 16.7. The summed E-state index contributed by atoms with van der Waals surface area (Å²) in [6, 6.07) is 1.91. The minimum Gasteiger partial charge on any atom is -0.477 e. The Kier molecular flexibility index (Phi) is 5.45. The monoisotopic (exact) mass is 384 g/mol. The summed E-state index contributed by atoms with van der Waals surface area (Å²) in [5.41, 5.74) is 2.97. The lowest BCUT2D eigenvalue weighted by molar-refractivity contribution is 0.111. The van der Waals surface area contributed by atoms with Crippen LogP contribution in [-0.4, -0.2) is 58.9 Å². The lowest BCUT2D eigenvalue weighted by atomic mass is 9.96. The van der Waals surface area contributed by atoms with Crippen molar-refractivity contribution in [2.45, 2.75) is 39.5 Å². The van der Waals surface area contributed by atoms with Crippen LogP contribution >= 0.6 is 0 Å². The molecule has 1 aliphatic carbocycles. The molecule has 150 valence electrons. The molecule has 0 saturated carbocycles. The van der Waals surface area contributed by atoms with Crippen molar-refractivity contribution in [2.75, 3.05) is 42.7 Å². The zero-order chi connectivity index (χ0) is 19.5. The van der Waals surface area contributed by atoms with Gasteiger partial charge in [0.1, 0.15) is 17.8 Å². The number of nitrogens with zero attached hydrogens (tertiary/aromatic N) is 6. The zero-order valence-electron chi connectivity index (χ0n) is 16.7. The molecule has 2 aromatic heterocycles. The van der Waals surface area contributed by atoms with Crippen LogP contribution in [0.1, 0.15) is 48.4 Å². The van der Waals surface area contributed by atoms with E-state index in [9.17, 15) is 4.79 Å². The van der Waals surface area contributed by atoms with Crippen LogP contribution in [0.3, 0.4) is 0 Å². The van der Waals surface area contributed by atoms with Gasteiger partial charge in [-0.2, -0.15) is 4.79 Å². The second-order valence-corrected chi connectivity index (χ2v) is 7.88. The Morgan fingerprint density at radius 3 is 2.68 bits per heavy atom. The Balaban J connectivity index is 1.44. The van der Waals surface area contributed by atoms with E-state index in [1.54, 1.807) is 6.33 Å². The molecule has 8 heteroatoms. The molecule has 2 aromatic rings. The summed E-state index contributed by atoms with van der Waals surface area (Å²) in [4.78, 5) is 24.3. The molecule has 2 aliphatic rings. The first-order valence-corrected chi connectivity index (χ1v) is 10.2. The molecule has 1 fully saturated rings. The largest absolute Gasteiger partial charge is 0.477 e. The number of hydrogen-bond acceptors (Lipinski definition) is 7. The van der Waals surface area contributed by atoms with Gasteiger partial charge in [-0.3, -0.25) is 9.80 Å². The fraction of sp³-hybridized carbons (Fsp3) is 0.600. The van der Waals surface area contributed by atoms with E-state index in [0.29, 0.717) is 24.1 Å². The van der Waals surface area contributed by atoms with E-state index < -0.39 is 0 Å². The van der Waals surface area contributed by atoms with Gasteiger partial charge < -0.3 is 9.64 Å². The molecule has 0 radical (unpaired) electrons. The highest BCUT2D eigenvalue weighted by atomic mass is 16.5. The number of aldehydes is 1. The van der Waals surface area contributed by atoms with Crippen molar-refractivity contribution in [3.8, 4) is 5.88 Å². The van der Waals surface area contributed by atoms with Crippen molar-refractivity contribution in [1.29, 1.82) is 0 Å². The first kappa shape index (κ1) is 18.7. The van der Waals surface area contributed by atoms with Gasteiger partial charge in [0.05, 0.1) is 25.4 Å². The van der Waals surface area contributed by atoms with Crippen molar-refractivity contribution in [3.05, 3.63) is 29.3 Å². The van der Waals surface area contributed by atoms with Crippen LogP contribution in [0.4, 0.5) is 5.82 Å². The Morgan fingerprint density at radius 1 is 1.14 bits per heavy atom. The molecule has 0 amide bonds. The van der Waals surface area contributed by atoms with Crippen molar-refractivity contribution < 1.29 is 9.53 Å². The van der Waals surface area contributed by atoms with Crippen LogP contribution in [0.15, 0.2) is 12.4 Å². The van der Waals surface area contributed by atoms with E-state index in [0.717, 1.165) is 69.5 Å².